The lowest BCUT2D eigenvalue weighted by Gasteiger charge is -2.05. The summed E-state index contributed by atoms with van der Waals surface area (Å²) in [7, 11) is 3.28. The van der Waals surface area contributed by atoms with Gasteiger partial charge in [-0.05, 0) is 42.5 Å². The highest BCUT2D eigenvalue weighted by Crippen LogP contribution is 2.21. The van der Waals surface area contributed by atoms with E-state index in [-0.39, 0.29) is 0 Å². The molecule has 2 rings (SSSR count). The Balaban J connectivity index is 2.07. The van der Waals surface area contributed by atoms with Crippen molar-refractivity contribution in [1.29, 1.82) is 0 Å². The molecule has 0 spiro atoms. The van der Waals surface area contributed by atoms with Crippen molar-refractivity contribution in [3.8, 4) is 11.5 Å². The topological polar surface area (TPSA) is 42.8 Å². The van der Waals surface area contributed by atoms with Gasteiger partial charge in [0, 0.05) is 10.0 Å². The molecule has 0 aliphatic rings. The van der Waals surface area contributed by atoms with Crippen LogP contribution in [0.5, 0.6) is 11.5 Å². The summed E-state index contributed by atoms with van der Waals surface area (Å²) in [4.78, 5) is 0. The molecule has 20 heavy (non-hydrogen) atoms. The van der Waals surface area contributed by atoms with Gasteiger partial charge in [-0.3, -0.25) is 5.43 Å². The molecule has 0 saturated carbocycles. The highest BCUT2D eigenvalue weighted by molar-refractivity contribution is 9.10. The molecule has 4 nitrogen and oxygen atoms in total. The second kappa shape index (κ2) is 6.96. The Labute approximate surface area is 126 Å². The number of benzene rings is 2. The zero-order valence-electron chi connectivity index (χ0n) is 11.3. The average Bonchev–Trinajstić information content (AvgIpc) is 2.48. The molecule has 2 aromatic carbocycles. The lowest BCUT2D eigenvalue weighted by atomic mass is 10.2. The first-order chi connectivity index (χ1) is 9.72. The molecule has 0 fully saturated rings. The van der Waals surface area contributed by atoms with Crippen molar-refractivity contribution >= 4 is 27.8 Å². The van der Waals surface area contributed by atoms with E-state index in [0.29, 0.717) is 0 Å². The molecule has 0 amide bonds. The Kier molecular flexibility index (Phi) is 5.01. The molecular weight excluding hydrogens is 320 g/mol. The van der Waals surface area contributed by atoms with Crippen LogP contribution in [-0.4, -0.2) is 20.4 Å². The fraction of sp³-hybridized carbons (Fsp3) is 0.133. The summed E-state index contributed by atoms with van der Waals surface area (Å²) in [6.45, 7) is 0. The van der Waals surface area contributed by atoms with Crippen molar-refractivity contribution in [3.63, 3.8) is 0 Å². The zero-order valence-corrected chi connectivity index (χ0v) is 12.8. The van der Waals surface area contributed by atoms with Crippen LogP contribution in [0.15, 0.2) is 52.0 Å². The van der Waals surface area contributed by atoms with Crippen LogP contribution in [0.2, 0.25) is 0 Å². The molecule has 0 bridgehead atoms. The van der Waals surface area contributed by atoms with Gasteiger partial charge in [-0.15, -0.1) is 0 Å². The van der Waals surface area contributed by atoms with Gasteiger partial charge in [0.05, 0.1) is 26.1 Å². The van der Waals surface area contributed by atoms with Gasteiger partial charge in [0.15, 0.2) is 0 Å². The largest absolute Gasteiger partial charge is 0.497 e. The van der Waals surface area contributed by atoms with Gasteiger partial charge in [0.25, 0.3) is 0 Å². The van der Waals surface area contributed by atoms with Crippen LogP contribution in [0.1, 0.15) is 5.56 Å². The Morgan fingerprint density at radius 3 is 2.45 bits per heavy atom. The number of hydrazone groups is 1. The molecule has 104 valence electrons. The molecule has 0 atom stereocenters. The Bertz CT molecular complexity index is 597. The van der Waals surface area contributed by atoms with E-state index in [1.165, 1.54) is 0 Å². The zero-order chi connectivity index (χ0) is 14.4. The number of nitrogens with zero attached hydrogens (tertiary/aromatic N) is 1. The predicted molar refractivity (Wildman–Crippen MR) is 84.9 cm³/mol. The van der Waals surface area contributed by atoms with Crippen molar-refractivity contribution in [2.45, 2.75) is 0 Å². The number of methoxy groups -OCH3 is 2. The first-order valence-electron chi connectivity index (χ1n) is 5.99. The number of halogens is 1. The lowest BCUT2D eigenvalue weighted by Crippen LogP contribution is -1.94. The number of nitrogens with one attached hydrogen (secondary N) is 1. The summed E-state index contributed by atoms with van der Waals surface area (Å²) < 4.78 is 11.4. The van der Waals surface area contributed by atoms with Crippen LogP contribution >= 0.6 is 15.9 Å². The van der Waals surface area contributed by atoms with Crippen LogP contribution in [0, 0.1) is 0 Å². The molecule has 0 saturated heterocycles. The molecule has 5 heteroatoms. The van der Waals surface area contributed by atoms with Crippen molar-refractivity contribution < 1.29 is 9.47 Å². The van der Waals surface area contributed by atoms with Crippen LogP contribution in [0.25, 0.3) is 0 Å². The summed E-state index contributed by atoms with van der Waals surface area (Å²) in [6, 6.07) is 13.3. The maximum absolute atomic E-state index is 5.28. The van der Waals surface area contributed by atoms with E-state index in [1.807, 2.05) is 42.5 Å². The number of ether oxygens (including phenoxy) is 2. The van der Waals surface area contributed by atoms with Gasteiger partial charge in [-0.2, -0.15) is 5.10 Å². The van der Waals surface area contributed by atoms with Crippen LogP contribution < -0.4 is 14.9 Å². The summed E-state index contributed by atoms with van der Waals surface area (Å²) in [5.74, 6) is 1.58. The Hall–Kier alpha value is -2.01. The maximum Gasteiger partial charge on any atom is 0.127 e. The fourth-order valence-corrected chi connectivity index (χ4v) is 2.03. The smallest absolute Gasteiger partial charge is 0.127 e. The van der Waals surface area contributed by atoms with Gasteiger partial charge < -0.3 is 9.47 Å². The van der Waals surface area contributed by atoms with Crippen molar-refractivity contribution in [2.75, 3.05) is 19.6 Å². The minimum Gasteiger partial charge on any atom is -0.497 e. The number of rotatable bonds is 5. The third kappa shape index (κ3) is 3.74. The third-order valence-electron chi connectivity index (χ3n) is 2.68. The molecule has 0 unspecified atom stereocenters. The van der Waals surface area contributed by atoms with E-state index >= 15 is 0 Å². The van der Waals surface area contributed by atoms with Crippen molar-refractivity contribution in [3.05, 3.63) is 52.5 Å². The first-order valence-corrected chi connectivity index (χ1v) is 6.79. The Morgan fingerprint density at radius 2 is 1.80 bits per heavy atom. The predicted octanol–water partition coefficient (Wildman–Crippen LogP) is 3.91. The van der Waals surface area contributed by atoms with Crippen molar-refractivity contribution in [1.82, 2.24) is 0 Å². The van der Waals surface area contributed by atoms with E-state index in [0.717, 1.165) is 27.2 Å². The summed E-state index contributed by atoms with van der Waals surface area (Å²) in [6.07, 6.45) is 1.72. The second-order valence-electron chi connectivity index (χ2n) is 3.98. The van der Waals surface area contributed by atoms with Gasteiger partial charge in [-0.25, -0.2) is 0 Å². The quantitative estimate of drug-likeness (QED) is 0.665. The summed E-state index contributed by atoms with van der Waals surface area (Å²) >= 11 is 3.43. The molecule has 0 radical (unpaired) electrons. The van der Waals surface area contributed by atoms with Crippen molar-refractivity contribution in [2.24, 2.45) is 5.10 Å². The van der Waals surface area contributed by atoms with Gasteiger partial charge in [0.2, 0.25) is 0 Å². The molecule has 0 heterocycles. The highest BCUT2D eigenvalue weighted by Gasteiger charge is 2.00. The van der Waals surface area contributed by atoms with E-state index in [2.05, 4.69) is 26.5 Å². The summed E-state index contributed by atoms with van der Waals surface area (Å²) in [5, 5.41) is 4.20. The molecule has 0 aliphatic heterocycles. The minimum absolute atomic E-state index is 0.772. The average molecular weight is 335 g/mol. The van der Waals surface area contributed by atoms with Crippen LogP contribution in [0.4, 0.5) is 5.69 Å². The van der Waals surface area contributed by atoms with E-state index in [1.54, 1.807) is 20.4 Å². The van der Waals surface area contributed by atoms with Gasteiger partial charge >= 0.3 is 0 Å². The molecular formula is C15H15BrN2O2. The summed E-state index contributed by atoms with van der Waals surface area (Å²) in [5.41, 5.74) is 4.74. The SMILES string of the molecule is COc1ccc(N/N=C/c2cc(Br)ccc2OC)cc1. The Morgan fingerprint density at radius 1 is 1.05 bits per heavy atom. The standard InChI is InChI=1S/C15H15BrN2O2/c1-19-14-6-4-13(5-7-14)18-17-10-11-9-12(16)3-8-15(11)20-2/h3-10,18H,1-2H3/b17-10+. The third-order valence-corrected chi connectivity index (χ3v) is 3.17. The number of anilines is 1. The van der Waals surface area contributed by atoms with Crippen LogP contribution in [0.3, 0.4) is 0 Å². The van der Waals surface area contributed by atoms with Gasteiger partial charge in [0.1, 0.15) is 11.5 Å². The second-order valence-corrected chi connectivity index (χ2v) is 4.90. The van der Waals surface area contributed by atoms with Crippen LogP contribution in [-0.2, 0) is 0 Å². The molecule has 0 aliphatic carbocycles. The first kappa shape index (κ1) is 14.4. The maximum atomic E-state index is 5.28. The number of hydrogen-bond donors (Lipinski definition) is 1. The lowest BCUT2D eigenvalue weighted by molar-refractivity contribution is 0.414. The molecule has 1 N–H and O–H groups in total. The van der Waals surface area contributed by atoms with E-state index < -0.39 is 0 Å². The monoisotopic (exact) mass is 334 g/mol. The highest BCUT2D eigenvalue weighted by atomic mass is 79.9. The van der Waals surface area contributed by atoms with E-state index in [4.69, 9.17) is 9.47 Å². The van der Waals surface area contributed by atoms with Gasteiger partial charge in [-0.1, -0.05) is 15.9 Å². The number of hydrogen-bond acceptors (Lipinski definition) is 4. The fourth-order valence-electron chi connectivity index (χ4n) is 1.65. The minimum atomic E-state index is 0.772. The normalized spacial score (nSPS) is 10.6. The molecule has 2 aromatic rings. The van der Waals surface area contributed by atoms with E-state index in [9.17, 15) is 0 Å². The molecule has 0 aromatic heterocycles.